The molecular weight excluding hydrogens is 178 g/mol. The normalized spacial score (nSPS) is 13.5. The van der Waals surface area contributed by atoms with Crippen LogP contribution in [0.4, 0.5) is 0 Å². The minimum atomic E-state index is -0.262. The Morgan fingerprint density at radius 3 is 2.79 bits per heavy atom. The summed E-state index contributed by atoms with van der Waals surface area (Å²) in [6, 6.07) is 0. The number of rotatable bonds is 5. The van der Waals surface area contributed by atoms with Crippen LogP contribution >= 0.6 is 0 Å². The Kier molecular flexibility index (Phi) is 4.10. The molecule has 0 bridgehead atoms. The molecule has 80 valence electrons. The monoisotopic (exact) mass is 197 g/mol. The van der Waals surface area contributed by atoms with Gasteiger partial charge in [-0.2, -0.15) is 0 Å². The van der Waals surface area contributed by atoms with E-state index in [0.29, 0.717) is 6.54 Å². The average Bonchev–Trinajstić information content (AvgIpc) is 2.46. The zero-order valence-corrected chi connectivity index (χ0v) is 9.14. The van der Waals surface area contributed by atoms with Crippen molar-refractivity contribution in [3.63, 3.8) is 0 Å². The van der Waals surface area contributed by atoms with Gasteiger partial charge in [0.2, 0.25) is 0 Å². The molecule has 1 aromatic rings. The predicted octanol–water partition coefficient (Wildman–Crippen LogP) is 0.275. The fourth-order valence-electron chi connectivity index (χ4n) is 1.45. The number of hydrogen-bond donors (Lipinski definition) is 1. The van der Waals surface area contributed by atoms with Crippen LogP contribution in [-0.4, -0.2) is 46.3 Å². The minimum Gasteiger partial charge on any atom is -0.392 e. The van der Waals surface area contributed by atoms with Crippen LogP contribution in [-0.2, 0) is 13.5 Å². The first-order valence-electron chi connectivity index (χ1n) is 4.88. The summed E-state index contributed by atoms with van der Waals surface area (Å²) in [6.07, 6.45) is 5.05. The van der Waals surface area contributed by atoms with Gasteiger partial charge in [-0.25, -0.2) is 4.98 Å². The molecule has 0 saturated carbocycles. The quantitative estimate of drug-likeness (QED) is 0.737. The van der Waals surface area contributed by atoms with Gasteiger partial charge in [0.05, 0.1) is 6.10 Å². The van der Waals surface area contributed by atoms with E-state index in [4.69, 9.17) is 0 Å². The van der Waals surface area contributed by atoms with Gasteiger partial charge < -0.3 is 14.6 Å². The lowest BCUT2D eigenvalue weighted by atomic mass is 10.2. The summed E-state index contributed by atoms with van der Waals surface area (Å²) in [6.45, 7) is 0.713. The Morgan fingerprint density at radius 1 is 1.57 bits per heavy atom. The molecule has 0 radical (unpaired) electrons. The summed E-state index contributed by atoms with van der Waals surface area (Å²) in [7, 11) is 5.90. The second kappa shape index (κ2) is 5.12. The van der Waals surface area contributed by atoms with Crippen LogP contribution in [0.1, 0.15) is 12.2 Å². The second-order valence-electron chi connectivity index (χ2n) is 3.91. The van der Waals surface area contributed by atoms with Crippen LogP contribution in [0.5, 0.6) is 0 Å². The molecule has 4 heteroatoms. The van der Waals surface area contributed by atoms with Gasteiger partial charge in [0, 0.05) is 32.4 Å². The van der Waals surface area contributed by atoms with Crippen molar-refractivity contribution < 1.29 is 5.11 Å². The van der Waals surface area contributed by atoms with Crippen molar-refractivity contribution in [1.29, 1.82) is 0 Å². The molecule has 14 heavy (non-hydrogen) atoms. The molecule has 0 spiro atoms. The zero-order chi connectivity index (χ0) is 10.6. The van der Waals surface area contributed by atoms with Gasteiger partial charge in [0.15, 0.2) is 0 Å². The van der Waals surface area contributed by atoms with Gasteiger partial charge in [-0.3, -0.25) is 0 Å². The molecule has 0 aromatic carbocycles. The maximum absolute atomic E-state index is 9.63. The smallest absolute Gasteiger partial charge is 0.108 e. The first-order chi connectivity index (χ1) is 6.59. The largest absolute Gasteiger partial charge is 0.392 e. The number of aryl methyl sites for hydroxylation is 2. The third-order valence-electron chi connectivity index (χ3n) is 2.20. The van der Waals surface area contributed by atoms with Crippen LogP contribution in [0.25, 0.3) is 0 Å². The van der Waals surface area contributed by atoms with E-state index in [9.17, 15) is 5.11 Å². The number of aliphatic hydroxyl groups is 1. The molecule has 1 N–H and O–H groups in total. The summed E-state index contributed by atoms with van der Waals surface area (Å²) < 4.78 is 1.99. The molecule has 1 heterocycles. The van der Waals surface area contributed by atoms with E-state index in [0.717, 1.165) is 18.7 Å². The molecule has 4 nitrogen and oxygen atoms in total. The number of aromatic nitrogens is 2. The molecule has 0 amide bonds. The summed E-state index contributed by atoms with van der Waals surface area (Å²) in [5.74, 6) is 1.03. The maximum Gasteiger partial charge on any atom is 0.108 e. The lowest BCUT2D eigenvalue weighted by Gasteiger charge is -2.15. The first kappa shape index (κ1) is 11.2. The molecule has 1 rings (SSSR count). The van der Waals surface area contributed by atoms with Crippen molar-refractivity contribution in [2.75, 3.05) is 20.6 Å². The molecule has 1 unspecified atom stereocenters. The lowest BCUT2D eigenvalue weighted by Crippen LogP contribution is -2.26. The van der Waals surface area contributed by atoms with E-state index in [1.54, 1.807) is 6.20 Å². The van der Waals surface area contributed by atoms with Gasteiger partial charge in [-0.15, -0.1) is 0 Å². The molecule has 0 aliphatic rings. The minimum absolute atomic E-state index is 0.262. The number of nitrogens with zero attached hydrogens (tertiary/aromatic N) is 3. The zero-order valence-electron chi connectivity index (χ0n) is 9.14. The lowest BCUT2D eigenvalue weighted by molar-refractivity contribution is 0.128. The maximum atomic E-state index is 9.63. The average molecular weight is 197 g/mol. The molecule has 0 aliphatic carbocycles. The van der Waals surface area contributed by atoms with Crippen molar-refractivity contribution in [3.8, 4) is 0 Å². The highest BCUT2D eigenvalue weighted by molar-refractivity contribution is 4.91. The fraction of sp³-hybridized carbons (Fsp3) is 0.700. The van der Waals surface area contributed by atoms with Crippen LogP contribution < -0.4 is 0 Å². The van der Waals surface area contributed by atoms with Crippen molar-refractivity contribution in [2.45, 2.75) is 18.9 Å². The Hall–Kier alpha value is -0.870. The summed E-state index contributed by atoms with van der Waals surface area (Å²) in [5, 5.41) is 9.63. The van der Waals surface area contributed by atoms with E-state index in [-0.39, 0.29) is 6.10 Å². The Morgan fingerprint density at radius 2 is 2.29 bits per heavy atom. The molecule has 0 saturated heterocycles. The van der Waals surface area contributed by atoms with Crippen molar-refractivity contribution >= 4 is 0 Å². The van der Waals surface area contributed by atoms with Gasteiger partial charge in [0.25, 0.3) is 0 Å². The van der Waals surface area contributed by atoms with Crippen molar-refractivity contribution in [3.05, 3.63) is 18.2 Å². The highest BCUT2D eigenvalue weighted by atomic mass is 16.3. The van der Waals surface area contributed by atoms with Gasteiger partial charge in [0.1, 0.15) is 5.82 Å². The predicted molar refractivity (Wildman–Crippen MR) is 56.1 cm³/mol. The third-order valence-corrected chi connectivity index (χ3v) is 2.20. The highest BCUT2D eigenvalue weighted by Crippen LogP contribution is 2.02. The van der Waals surface area contributed by atoms with E-state index >= 15 is 0 Å². The van der Waals surface area contributed by atoms with Crippen LogP contribution in [0.2, 0.25) is 0 Å². The molecular formula is C10H19N3O. The topological polar surface area (TPSA) is 41.3 Å². The number of likely N-dealkylation sites (N-methyl/N-ethyl adjacent to an activating group) is 1. The third kappa shape index (κ3) is 3.47. The fourth-order valence-corrected chi connectivity index (χ4v) is 1.45. The number of imidazole rings is 1. The standard InChI is InChI=1S/C10H19N3O/c1-12(2)8-9(14)4-5-10-11-6-7-13(10)3/h6-7,9,14H,4-5,8H2,1-3H3. The number of hydrogen-bond acceptors (Lipinski definition) is 3. The molecule has 1 atom stereocenters. The van der Waals surface area contributed by atoms with Gasteiger partial charge in [-0.05, 0) is 20.5 Å². The van der Waals surface area contributed by atoms with E-state index in [1.807, 2.05) is 36.8 Å². The van der Waals surface area contributed by atoms with E-state index in [2.05, 4.69) is 4.98 Å². The Labute approximate surface area is 85.2 Å². The van der Waals surface area contributed by atoms with Gasteiger partial charge in [-0.1, -0.05) is 0 Å². The Bertz CT molecular complexity index is 270. The SMILES string of the molecule is CN(C)CC(O)CCc1nccn1C. The number of aliphatic hydroxyl groups excluding tert-OH is 1. The van der Waals surface area contributed by atoms with E-state index < -0.39 is 0 Å². The van der Waals surface area contributed by atoms with Crippen molar-refractivity contribution in [1.82, 2.24) is 14.5 Å². The summed E-state index contributed by atoms with van der Waals surface area (Å²) in [4.78, 5) is 6.19. The highest BCUT2D eigenvalue weighted by Gasteiger charge is 2.07. The molecule has 1 aromatic heterocycles. The van der Waals surface area contributed by atoms with Crippen LogP contribution in [0, 0.1) is 0 Å². The van der Waals surface area contributed by atoms with Gasteiger partial charge >= 0.3 is 0 Å². The Balaban J connectivity index is 2.30. The van der Waals surface area contributed by atoms with Crippen molar-refractivity contribution in [2.24, 2.45) is 7.05 Å². The summed E-state index contributed by atoms with van der Waals surface area (Å²) >= 11 is 0. The van der Waals surface area contributed by atoms with E-state index in [1.165, 1.54) is 0 Å². The van der Waals surface area contributed by atoms with Crippen LogP contribution in [0.3, 0.4) is 0 Å². The molecule has 0 fully saturated rings. The second-order valence-corrected chi connectivity index (χ2v) is 3.91. The summed E-state index contributed by atoms with van der Waals surface area (Å²) in [5.41, 5.74) is 0. The van der Waals surface area contributed by atoms with Crippen LogP contribution in [0.15, 0.2) is 12.4 Å². The first-order valence-corrected chi connectivity index (χ1v) is 4.88. The molecule has 0 aliphatic heterocycles.